The van der Waals surface area contributed by atoms with Gasteiger partial charge in [0.05, 0.1) is 19.6 Å². The van der Waals surface area contributed by atoms with Gasteiger partial charge in [-0.2, -0.15) is 0 Å². The number of aliphatic hydroxyl groups is 1. The maximum Gasteiger partial charge on any atom is 0.319 e. The molecule has 10 nitrogen and oxygen atoms in total. The van der Waals surface area contributed by atoms with E-state index < -0.39 is 17.9 Å². The Morgan fingerprint density at radius 1 is 0.875 bits per heavy atom. The zero-order chi connectivity index (χ0) is 29.2. The van der Waals surface area contributed by atoms with Crippen LogP contribution in [0.2, 0.25) is 0 Å². The fourth-order valence-corrected chi connectivity index (χ4v) is 9.74. The lowest BCUT2D eigenvalue weighted by molar-refractivity contribution is -0.225. The van der Waals surface area contributed by atoms with Gasteiger partial charge in [-0.25, -0.2) is 0 Å². The van der Waals surface area contributed by atoms with Crippen molar-refractivity contribution in [3.8, 4) is 0 Å². The molecule has 4 aliphatic carbocycles. The summed E-state index contributed by atoms with van der Waals surface area (Å²) in [4.78, 5) is 37.3. The van der Waals surface area contributed by atoms with E-state index in [0.717, 1.165) is 38.5 Å². The fraction of sp³-hybridized carbons (Fsp3) is 0.900. The normalized spacial score (nSPS) is 41.2. The molecule has 0 amide bonds. The summed E-state index contributed by atoms with van der Waals surface area (Å²) >= 11 is 0. The van der Waals surface area contributed by atoms with E-state index in [-0.39, 0.29) is 79.1 Å². The summed E-state index contributed by atoms with van der Waals surface area (Å²) in [6.07, 6.45) is 6.51. The summed E-state index contributed by atoms with van der Waals surface area (Å²) in [7, 11) is 0. The molecule has 4 rings (SSSR count). The highest BCUT2D eigenvalue weighted by molar-refractivity contribution is 5.72. The van der Waals surface area contributed by atoms with Crippen LogP contribution in [-0.4, -0.2) is 67.6 Å². The van der Waals surface area contributed by atoms with E-state index in [0.29, 0.717) is 31.1 Å². The highest BCUT2D eigenvalue weighted by atomic mass is 16.6. The molecule has 0 aromatic heterocycles. The smallest absolute Gasteiger partial charge is 0.319 e. The standard InChI is InChI=1S/C30H51N3O7/c1-17(5-4-10-34)20-6-7-21-28-22(13-24(30(20,21)3)40-27(37)16-33)29(2)9-8-19(38-25(35)14-31)11-18(29)12-23(28)39-26(36)15-32/h17-24,28,34H,4-16,31-33H2,1-3H3/t17-,18?,19-,20?,21+,22+,23-,24+,28?,29+,30-/m1/s1. The van der Waals surface area contributed by atoms with Gasteiger partial charge in [0.15, 0.2) is 0 Å². The van der Waals surface area contributed by atoms with Crippen LogP contribution in [0.5, 0.6) is 0 Å². The Morgan fingerprint density at radius 2 is 1.52 bits per heavy atom. The van der Waals surface area contributed by atoms with E-state index in [4.69, 9.17) is 31.4 Å². The van der Waals surface area contributed by atoms with Crippen LogP contribution in [0, 0.1) is 46.3 Å². The maximum atomic E-state index is 12.7. The second-order valence-electron chi connectivity index (χ2n) is 13.4. The Morgan fingerprint density at radius 3 is 2.17 bits per heavy atom. The molecule has 10 heteroatoms. The molecule has 4 aliphatic rings. The van der Waals surface area contributed by atoms with Crippen LogP contribution in [0.25, 0.3) is 0 Å². The van der Waals surface area contributed by atoms with Crippen molar-refractivity contribution in [1.29, 1.82) is 0 Å². The second-order valence-corrected chi connectivity index (χ2v) is 13.4. The first-order valence-electron chi connectivity index (χ1n) is 15.3. The van der Waals surface area contributed by atoms with Crippen molar-refractivity contribution >= 4 is 17.9 Å². The molecule has 0 aliphatic heterocycles. The van der Waals surface area contributed by atoms with Crippen molar-refractivity contribution in [2.75, 3.05) is 26.2 Å². The zero-order valence-electron chi connectivity index (χ0n) is 24.5. The monoisotopic (exact) mass is 565 g/mol. The third-order valence-electron chi connectivity index (χ3n) is 11.6. The van der Waals surface area contributed by atoms with E-state index in [1.165, 1.54) is 0 Å². The molecular weight excluding hydrogens is 514 g/mol. The molecule has 0 saturated heterocycles. The predicted molar refractivity (Wildman–Crippen MR) is 148 cm³/mol. The van der Waals surface area contributed by atoms with E-state index in [9.17, 15) is 19.5 Å². The first kappa shape index (κ1) is 31.2. The van der Waals surface area contributed by atoms with Crippen molar-refractivity contribution < 1.29 is 33.7 Å². The number of nitrogens with two attached hydrogens (primary N) is 3. The van der Waals surface area contributed by atoms with Crippen molar-refractivity contribution in [3.63, 3.8) is 0 Å². The molecule has 7 N–H and O–H groups in total. The van der Waals surface area contributed by atoms with Gasteiger partial charge in [-0.1, -0.05) is 20.8 Å². The number of fused-ring (bicyclic) bond motifs is 5. The molecule has 0 radical (unpaired) electrons. The molecular formula is C30H51N3O7. The first-order valence-corrected chi connectivity index (χ1v) is 15.3. The molecule has 0 heterocycles. The molecule has 3 unspecified atom stereocenters. The minimum Gasteiger partial charge on any atom is -0.461 e. The Balaban J connectivity index is 1.72. The van der Waals surface area contributed by atoms with E-state index >= 15 is 0 Å². The summed E-state index contributed by atoms with van der Waals surface area (Å²) in [5, 5.41) is 9.50. The average Bonchev–Trinajstić information content (AvgIpc) is 3.30. The van der Waals surface area contributed by atoms with Crippen LogP contribution in [0.15, 0.2) is 0 Å². The molecule has 0 aromatic carbocycles. The lowest BCUT2D eigenvalue weighted by Gasteiger charge is -2.64. The van der Waals surface area contributed by atoms with Crippen LogP contribution in [0.4, 0.5) is 0 Å². The molecule has 11 atom stereocenters. The molecule has 4 saturated carbocycles. The Kier molecular flexibility index (Phi) is 9.85. The van der Waals surface area contributed by atoms with Crippen LogP contribution < -0.4 is 17.2 Å². The van der Waals surface area contributed by atoms with E-state index in [2.05, 4.69) is 20.8 Å². The molecule has 0 spiro atoms. The Bertz CT molecular complexity index is 933. The van der Waals surface area contributed by atoms with Gasteiger partial charge in [0.25, 0.3) is 0 Å². The zero-order valence-corrected chi connectivity index (χ0v) is 24.5. The predicted octanol–water partition coefficient (Wildman–Crippen LogP) is 1.89. The van der Waals surface area contributed by atoms with E-state index in [1.54, 1.807) is 0 Å². The highest BCUT2D eigenvalue weighted by Crippen LogP contribution is 2.69. The molecule has 40 heavy (non-hydrogen) atoms. The molecule has 228 valence electrons. The second kappa shape index (κ2) is 12.6. The van der Waals surface area contributed by atoms with Gasteiger partial charge >= 0.3 is 17.9 Å². The largest absolute Gasteiger partial charge is 0.461 e. The number of esters is 3. The quantitative estimate of drug-likeness (QED) is 0.226. The third kappa shape index (κ3) is 5.65. The van der Waals surface area contributed by atoms with Crippen molar-refractivity contribution in [2.45, 2.75) is 96.9 Å². The third-order valence-corrected chi connectivity index (χ3v) is 11.6. The Hall–Kier alpha value is -1.75. The Labute approximate surface area is 238 Å². The number of hydrogen-bond acceptors (Lipinski definition) is 10. The fourth-order valence-electron chi connectivity index (χ4n) is 9.74. The number of rotatable bonds is 10. The van der Waals surface area contributed by atoms with Crippen LogP contribution in [0.3, 0.4) is 0 Å². The van der Waals surface area contributed by atoms with Crippen molar-refractivity contribution in [2.24, 2.45) is 63.5 Å². The summed E-state index contributed by atoms with van der Waals surface area (Å²) in [5.41, 5.74) is 16.6. The summed E-state index contributed by atoms with van der Waals surface area (Å²) < 4.78 is 18.0. The van der Waals surface area contributed by atoms with Gasteiger partial charge in [0.2, 0.25) is 0 Å². The van der Waals surface area contributed by atoms with Crippen LogP contribution in [-0.2, 0) is 28.6 Å². The van der Waals surface area contributed by atoms with Gasteiger partial charge in [-0.3, -0.25) is 14.4 Å². The number of ether oxygens (including phenoxy) is 3. The van der Waals surface area contributed by atoms with Gasteiger partial charge in [0, 0.05) is 17.9 Å². The van der Waals surface area contributed by atoms with Crippen molar-refractivity contribution in [3.05, 3.63) is 0 Å². The topological polar surface area (TPSA) is 177 Å². The first-order chi connectivity index (χ1) is 19.0. The van der Waals surface area contributed by atoms with Gasteiger partial charge < -0.3 is 36.5 Å². The van der Waals surface area contributed by atoms with Gasteiger partial charge in [0.1, 0.15) is 18.3 Å². The lowest BCUT2D eigenvalue weighted by atomic mass is 9.43. The summed E-state index contributed by atoms with van der Waals surface area (Å²) in [5.74, 6) is 0.111. The number of aliphatic hydroxyl groups excluding tert-OH is 1. The minimum atomic E-state index is -0.404. The maximum absolute atomic E-state index is 12.7. The van der Waals surface area contributed by atoms with Crippen LogP contribution >= 0.6 is 0 Å². The molecule has 0 aromatic rings. The average molecular weight is 566 g/mol. The number of hydrogen-bond donors (Lipinski definition) is 4. The van der Waals surface area contributed by atoms with E-state index in [1.807, 2.05) is 0 Å². The summed E-state index contributed by atoms with van der Waals surface area (Å²) in [6, 6.07) is 0. The van der Waals surface area contributed by atoms with Gasteiger partial charge in [-0.15, -0.1) is 0 Å². The number of carbonyl (C=O) groups excluding carboxylic acids is 3. The SMILES string of the molecule is C[C@H](CCCO)C1CC[C@H]2C3[C@H](OC(=O)CN)CC4C[C@H](OC(=O)CN)CC[C@]4(C)[C@H]3C[C@H](OC(=O)CN)[C@]12C. The highest BCUT2D eigenvalue weighted by Gasteiger charge is 2.67. The molecule has 4 fully saturated rings. The molecule has 0 bridgehead atoms. The minimum absolute atomic E-state index is 0.0861. The summed E-state index contributed by atoms with van der Waals surface area (Å²) in [6.45, 7) is 6.52. The van der Waals surface area contributed by atoms with Crippen molar-refractivity contribution in [1.82, 2.24) is 0 Å². The number of carbonyl (C=O) groups is 3. The lowest BCUT2D eigenvalue weighted by Crippen LogP contribution is -2.63. The van der Waals surface area contributed by atoms with Crippen LogP contribution in [0.1, 0.15) is 78.6 Å². The van der Waals surface area contributed by atoms with Gasteiger partial charge in [-0.05, 0) is 92.8 Å².